The Morgan fingerprint density at radius 3 is 2.27 bits per heavy atom. The number of hydrogen-bond acceptors (Lipinski definition) is 5. The minimum Gasteiger partial charge on any atom is -0.274 e. The molecule has 130 valence electrons. The Balaban J connectivity index is 1.42. The van der Waals surface area contributed by atoms with Gasteiger partial charge in [0.25, 0.3) is 11.8 Å². The molecule has 0 radical (unpaired) electrons. The van der Waals surface area contributed by atoms with Crippen LogP contribution in [0.2, 0.25) is 0 Å². The molecule has 2 aromatic carbocycles. The number of amides is 2. The molecule has 1 aliphatic rings. The summed E-state index contributed by atoms with van der Waals surface area (Å²) in [5.41, 5.74) is 1.28. The van der Waals surface area contributed by atoms with Crippen molar-refractivity contribution in [2.45, 2.75) is 13.0 Å². The topological polar surface area (TPSA) is 81.0 Å². The fraction of sp³-hybridized carbons (Fsp3) is 0.167. The summed E-state index contributed by atoms with van der Waals surface area (Å²) in [4.78, 5) is 27.1. The van der Waals surface area contributed by atoms with Crippen LogP contribution in [-0.4, -0.2) is 43.5 Å². The summed E-state index contributed by atoms with van der Waals surface area (Å²) in [7, 11) is 0. The predicted molar refractivity (Wildman–Crippen MR) is 88.8 cm³/mol. The highest BCUT2D eigenvalue weighted by atomic mass is 19.1. The maximum Gasteiger partial charge on any atom is 0.261 e. The largest absolute Gasteiger partial charge is 0.274 e. The number of benzene rings is 2. The number of halogens is 1. The van der Waals surface area contributed by atoms with E-state index in [1.165, 1.54) is 15.8 Å². The summed E-state index contributed by atoms with van der Waals surface area (Å²) in [6.45, 7) is 0.324. The van der Waals surface area contributed by atoms with Gasteiger partial charge in [0.15, 0.2) is 5.82 Å². The quantitative estimate of drug-likeness (QED) is 0.654. The summed E-state index contributed by atoms with van der Waals surface area (Å²) in [5.74, 6) is -0.580. The van der Waals surface area contributed by atoms with Crippen LogP contribution in [0.5, 0.6) is 0 Å². The molecule has 26 heavy (non-hydrogen) atoms. The number of fused-ring (bicyclic) bond motifs is 1. The third-order valence-electron chi connectivity index (χ3n) is 4.20. The van der Waals surface area contributed by atoms with Crippen LogP contribution >= 0.6 is 0 Å². The SMILES string of the molecule is O=C1c2ccccc2C(=O)N1CCc1nnn(Cc2ccccc2F)n1. The average molecular weight is 351 g/mol. The van der Waals surface area contributed by atoms with Crippen molar-refractivity contribution in [3.05, 3.63) is 76.9 Å². The molecule has 3 aromatic rings. The van der Waals surface area contributed by atoms with E-state index >= 15 is 0 Å². The van der Waals surface area contributed by atoms with Crippen LogP contribution in [0.25, 0.3) is 0 Å². The summed E-state index contributed by atoms with van der Waals surface area (Å²) < 4.78 is 13.7. The minimum atomic E-state index is -0.336. The third-order valence-corrected chi connectivity index (χ3v) is 4.20. The number of aromatic nitrogens is 4. The fourth-order valence-electron chi connectivity index (χ4n) is 2.88. The molecule has 8 heteroatoms. The first-order valence-corrected chi connectivity index (χ1v) is 8.09. The standard InChI is InChI=1S/C18H14FN5O2/c19-15-8-4-1-5-12(15)11-24-21-16(20-22-24)9-10-23-17(25)13-6-2-3-7-14(13)18(23)26/h1-8H,9-11H2. The zero-order valence-corrected chi connectivity index (χ0v) is 13.7. The van der Waals surface area contributed by atoms with E-state index in [0.717, 1.165) is 0 Å². The van der Waals surface area contributed by atoms with Crippen LogP contribution in [0.15, 0.2) is 48.5 Å². The van der Waals surface area contributed by atoms with E-state index in [0.29, 0.717) is 22.5 Å². The molecule has 1 aliphatic heterocycles. The summed E-state index contributed by atoms with van der Waals surface area (Å²) in [6, 6.07) is 13.1. The van der Waals surface area contributed by atoms with Gasteiger partial charge in [0.2, 0.25) is 0 Å². The van der Waals surface area contributed by atoms with Crippen molar-refractivity contribution >= 4 is 11.8 Å². The van der Waals surface area contributed by atoms with Crippen LogP contribution in [0.4, 0.5) is 4.39 Å². The molecule has 0 saturated carbocycles. The fourth-order valence-corrected chi connectivity index (χ4v) is 2.88. The maximum atomic E-state index is 13.7. The lowest BCUT2D eigenvalue weighted by atomic mass is 10.1. The van der Waals surface area contributed by atoms with Crippen LogP contribution < -0.4 is 0 Å². The lowest BCUT2D eigenvalue weighted by Gasteiger charge is -2.11. The van der Waals surface area contributed by atoms with Gasteiger partial charge in [-0.2, -0.15) is 4.80 Å². The summed E-state index contributed by atoms with van der Waals surface area (Å²) in [6.07, 6.45) is 0.280. The monoisotopic (exact) mass is 351 g/mol. The first-order chi connectivity index (χ1) is 12.6. The van der Waals surface area contributed by atoms with Crippen LogP contribution in [0.3, 0.4) is 0 Å². The van der Waals surface area contributed by atoms with E-state index in [1.807, 2.05) is 0 Å². The molecule has 0 spiro atoms. The van der Waals surface area contributed by atoms with Crippen molar-refractivity contribution in [3.63, 3.8) is 0 Å². The Bertz CT molecular complexity index is 966. The third kappa shape index (κ3) is 2.85. The summed E-state index contributed by atoms with van der Waals surface area (Å²) >= 11 is 0. The van der Waals surface area contributed by atoms with E-state index in [2.05, 4.69) is 15.4 Å². The Labute approximate surface area is 148 Å². The average Bonchev–Trinajstić information content (AvgIpc) is 3.19. The number of imide groups is 1. The molecular formula is C18H14FN5O2. The minimum absolute atomic E-state index is 0.159. The molecule has 2 heterocycles. The van der Waals surface area contributed by atoms with Gasteiger partial charge < -0.3 is 0 Å². The van der Waals surface area contributed by atoms with Crippen molar-refractivity contribution in [2.24, 2.45) is 0 Å². The zero-order chi connectivity index (χ0) is 18.1. The Morgan fingerprint density at radius 1 is 0.923 bits per heavy atom. The number of rotatable bonds is 5. The van der Waals surface area contributed by atoms with Gasteiger partial charge in [0.1, 0.15) is 5.82 Å². The van der Waals surface area contributed by atoms with Crippen LogP contribution in [0.1, 0.15) is 32.1 Å². The normalized spacial score (nSPS) is 13.3. The number of tetrazole rings is 1. The van der Waals surface area contributed by atoms with Crippen molar-refractivity contribution < 1.29 is 14.0 Å². The molecule has 7 nitrogen and oxygen atoms in total. The van der Waals surface area contributed by atoms with Crippen molar-refractivity contribution in [1.82, 2.24) is 25.1 Å². The first-order valence-electron chi connectivity index (χ1n) is 8.09. The lowest BCUT2D eigenvalue weighted by molar-refractivity contribution is 0.0655. The molecule has 0 N–H and O–H groups in total. The van der Waals surface area contributed by atoms with E-state index in [-0.39, 0.29) is 37.1 Å². The number of nitrogens with zero attached hydrogens (tertiary/aromatic N) is 5. The molecule has 4 rings (SSSR count). The molecule has 0 aliphatic carbocycles. The molecule has 0 fully saturated rings. The molecular weight excluding hydrogens is 337 g/mol. The lowest BCUT2D eigenvalue weighted by Crippen LogP contribution is -2.32. The van der Waals surface area contributed by atoms with Crippen LogP contribution in [0, 0.1) is 5.82 Å². The van der Waals surface area contributed by atoms with Gasteiger partial charge in [-0.3, -0.25) is 14.5 Å². The van der Waals surface area contributed by atoms with E-state index in [4.69, 9.17) is 0 Å². The molecule has 2 amide bonds. The van der Waals surface area contributed by atoms with Gasteiger partial charge in [-0.15, -0.1) is 10.2 Å². The van der Waals surface area contributed by atoms with E-state index in [9.17, 15) is 14.0 Å². The smallest absolute Gasteiger partial charge is 0.261 e. The highest BCUT2D eigenvalue weighted by Crippen LogP contribution is 2.22. The first kappa shape index (κ1) is 16.1. The number of carbonyl (C=O) groups excluding carboxylic acids is 2. The molecule has 0 unspecified atom stereocenters. The van der Waals surface area contributed by atoms with Gasteiger partial charge in [0.05, 0.1) is 17.7 Å². The predicted octanol–water partition coefficient (Wildman–Crippen LogP) is 1.70. The Hall–Kier alpha value is -3.42. The highest BCUT2D eigenvalue weighted by Gasteiger charge is 2.34. The van der Waals surface area contributed by atoms with Crippen molar-refractivity contribution in [2.75, 3.05) is 6.54 Å². The van der Waals surface area contributed by atoms with Gasteiger partial charge in [-0.1, -0.05) is 30.3 Å². The zero-order valence-electron chi connectivity index (χ0n) is 13.7. The van der Waals surface area contributed by atoms with Crippen molar-refractivity contribution in [1.29, 1.82) is 0 Å². The molecule has 0 atom stereocenters. The molecule has 1 aromatic heterocycles. The van der Waals surface area contributed by atoms with Crippen molar-refractivity contribution in [3.8, 4) is 0 Å². The van der Waals surface area contributed by atoms with E-state index in [1.54, 1.807) is 42.5 Å². The number of hydrogen-bond donors (Lipinski definition) is 0. The highest BCUT2D eigenvalue weighted by molar-refractivity contribution is 6.21. The number of carbonyl (C=O) groups is 2. The summed E-state index contributed by atoms with van der Waals surface area (Å²) in [5, 5.41) is 12.0. The second-order valence-electron chi connectivity index (χ2n) is 5.89. The Kier molecular flexibility index (Phi) is 4.00. The van der Waals surface area contributed by atoms with Crippen LogP contribution in [-0.2, 0) is 13.0 Å². The van der Waals surface area contributed by atoms with Gasteiger partial charge in [-0.05, 0) is 23.4 Å². The van der Waals surface area contributed by atoms with Gasteiger partial charge >= 0.3 is 0 Å². The maximum absolute atomic E-state index is 13.7. The molecule has 0 saturated heterocycles. The van der Waals surface area contributed by atoms with E-state index < -0.39 is 0 Å². The molecule has 0 bridgehead atoms. The van der Waals surface area contributed by atoms with Gasteiger partial charge in [0, 0.05) is 18.5 Å². The van der Waals surface area contributed by atoms with Gasteiger partial charge in [-0.25, -0.2) is 4.39 Å². The Morgan fingerprint density at radius 2 is 1.58 bits per heavy atom. The second kappa shape index (κ2) is 6.47. The second-order valence-corrected chi connectivity index (χ2v) is 5.89.